The molecule has 8 atom stereocenters. The summed E-state index contributed by atoms with van der Waals surface area (Å²) in [5.74, 6) is -4.51. The monoisotopic (exact) mass is 478 g/mol. The van der Waals surface area contributed by atoms with E-state index >= 15 is 0 Å². The molecule has 0 aromatic carbocycles. The molecule has 0 saturated heterocycles. The van der Waals surface area contributed by atoms with Crippen LogP contribution in [0.2, 0.25) is 0 Å². The fourth-order valence-corrected chi connectivity index (χ4v) is 7.39. The SMILES string of the molecule is C=C1C2=CC(=O)OC2(OC)CC2C1C(O)C(OC(C)=O)C1(O)C(C)(C)CCC(OC(C)=O)C21C. The van der Waals surface area contributed by atoms with Crippen LogP contribution in [0.1, 0.15) is 53.9 Å². The van der Waals surface area contributed by atoms with Crippen LogP contribution in [0.4, 0.5) is 0 Å². The lowest BCUT2D eigenvalue weighted by Crippen LogP contribution is -2.80. The van der Waals surface area contributed by atoms with Crippen molar-refractivity contribution >= 4 is 17.9 Å². The van der Waals surface area contributed by atoms with Gasteiger partial charge in [0.05, 0.1) is 0 Å². The molecule has 34 heavy (non-hydrogen) atoms. The van der Waals surface area contributed by atoms with Gasteiger partial charge in [-0.05, 0) is 29.7 Å². The van der Waals surface area contributed by atoms with E-state index in [0.29, 0.717) is 24.0 Å². The fourth-order valence-electron chi connectivity index (χ4n) is 7.39. The summed E-state index contributed by atoms with van der Waals surface area (Å²) in [5, 5.41) is 24.2. The third kappa shape index (κ3) is 2.99. The molecule has 4 aliphatic rings. The van der Waals surface area contributed by atoms with Crippen molar-refractivity contribution in [1.82, 2.24) is 0 Å². The number of methoxy groups -OCH3 is 1. The summed E-state index contributed by atoms with van der Waals surface area (Å²) < 4.78 is 22.7. The Morgan fingerprint density at radius 1 is 1.18 bits per heavy atom. The smallest absolute Gasteiger partial charge is 0.334 e. The first-order valence-electron chi connectivity index (χ1n) is 11.6. The van der Waals surface area contributed by atoms with Crippen molar-refractivity contribution in [3.8, 4) is 0 Å². The van der Waals surface area contributed by atoms with Crippen molar-refractivity contribution in [1.29, 1.82) is 0 Å². The van der Waals surface area contributed by atoms with E-state index in [9.17, 15) is 24.6 Å². The number of carbonyl (C=O) groups is 3. The molecule has 0 aromatic rings. The second-order valence-electron chi connectivity index (χ2n) is 10.9. The lowest BCUT2D eigenvalue weighted by Gasteiger charge is -2.70. The van der Waals surface area contributed by atoms with Crippen LogP contribution in [0.15, 0.2) is 23.8 Å². The Morgan fingerprint density at radius 3 is 2.35 bits per heavy atom. The number of rotatable bonds is 3. The van der Waals surface area contributed by atoms with Crippen LogP contribution >= 0.6 is 0 Å². The Balaban J connectivity index is 1.98. The zero-order valence-corrected chi connectivity index (χ0v) is 20.5. The summed E-state index contributed by atoms with van der Waals surface area (Å²) in [5.41, 5.74) is -3.05. The van der Waals surface area contributed by atoms with E-state index in [1.54, 1.807) is 6.92 Å². The average molecular weight is 479 g/mol. The molecule has 188 valence electrons. The molecule has 9 heteroatoms. The number of fused-ring (bicyclic) bond motifs is 4. The topological polar surface area (TPSA) is 129 Å². The number of esters is 3. The highest BCUT2D eigenvalue weighted by Crippen LogP contribution is 2.69. The van der Waals surface area contributed by atoms with E-state index in [1.165, 1.54) is 27.0 Å². The quantitative estimate of drug-likeness (QED) is 0.461. The summed E-state index contributed by atoms with van der Waals surface area (Å²) in [6, 6.07) is 0. The van der Waals surface area contributed by atoms with Gasteiger partial charge in [-0.1, -0.05) is 27.4 Å². The zero-order valence-electron chi connectivity index (χ0n) is 20.5. The van der Waals surface area contributed by atoms with Crippen molar-refractivity contribution in [2.75, 3.05) is 7.11 Å². The van der Waals surface area contributed by atoms with E-state index in [0.717, 1.165) is 0 Å². The minimum atomic E-state index is -1.80. The number of carbonyl (C=O) groups excluding carboxylic acids is 3. The minimum Gasteiger partial charge on any atom is -0.462 e. The highest BCUT2D eigenvalue weighted by Gasteiger charge is 2.77. The molecule has 0 spiro atoms. The minimum absolute atomic E-state index is 0.0985. The van der Waals surface area contributed by atoms with E-state index in [2.05, 4.69) is 6.58 Å². The van der Waals surface area contributed by atoms with Crippen LogP contribution in [0.25, 0.3) is 0 Å². The van der Waals surface area contributed by atoms with Crippen molar-refractivity contribution in [2.45, 2.75) is 83.6 Å². The molecule has 2 N–H and O–H groups in total. The molecule has 3 aliphatic carbocycles. The van der Waals surface area contributed by atoms with Crippen molar-refractivity contribution in [3.05, 3.63) is 23.8 Å². The Bertz CT molecular complexity index is 983. The number of hydrogen-bond donors (Lipinski definition) is 2. The van der Waals surface area contributed by atoms with Gasteiger partial charge in [0.15, 0.2) is 6.10 Å². The van der Waals surface area contributed by atoms with Crippen molar-refractivity contribution < 1.29 is 43.5 Å². The molecular formula is C25H34O9. The summed E-state index contributed by atoms with van der Waals surface area (Å²) >= 11 is 0. The fraction of sp³-hybridized carbons (Fsp3) is 0.720. The molecule has 0 bridgehead atoms. The third-order valence-electron chi connectivity index (χ3n) is 8.95. The molecule has 4 rings (SSSR count). The maximum Gasteiger partial charge on any atom is 0.334 e. The van der Waals surface area contributed by atoms with Gasteiger partial charge in [-0.15, -0.1) is 0 Å². The predicted molar refractivity (Wildman–Crippen MR) is 118 cm³/mol. The van der Waals surface area contributed by atoms with Gasteiger partial charge >= 0.3 is 17.9 Å². The average Bonchev–Trinajstić information content (AvgIpc) is 3.08. The highest BCUT2D eigenvalue weighted by molar-refractivity contribution is 5.88. The van der Waals surface area contributed by atoms with Crippen LogP contribution in [0.3, 0.4) is 0 Å². The van der Waals surface area contributed by atoms with E-state index in [-0.39, 0.29) is 6.42 Å². The van der Waals surface area contributed by atoms with Crippen LogP contribution in [0, 0.1) is 22.7 Å². The molecule has 1 heterocycles. The zero-order chi connectivity index (χ0) is 25.4. The Hall–Kier alpha value is -2.23. The first kappa shape index (κ1) is 24.9. The van der Waals surface area contributed by atoms with E-state index in [4.69, 9.17) is 18.9 Å². The maximum atomic E-state index is 12.6. The second-order valence-corrected chi connectivity index (χ2v) is 10.9. The van der Waals surface area contributed by atoms with Gasteiger partial charge in [0, 0.05) is 50.4 Å². The summed E-state index contributed by atoms with van der Waals surface area (Å²) in [7, 11) is 1.42. The van der Waals surface area contributed by atoms with Gasteiger partial charge in [-0.25, -0.2) is 4.79 Å². The molecule has 0 radical (unpaired) electrons. The van der Waals surface area contributed by atoms with Crippen LogP contribution in [-0.2, 0) is 33.3 Å². The van der Waals surface area contributed by atoms with Gasteiger partial charge in [0.1, 0.15) is 17.8 Å². The summed E-state index contributed by atoms with van der Waals surface area (Å²) in [4.78, 5) is 36.6. The molecule has 3 saturated carbocycles. The van der Waals surface area contributed by atoms with Crippen molar-refractivity contribution in [2.24, 2.45) is 22.7 Å². The van der Waals surface area contributed by atoms with Gasteiger partial charge in [0.25, 0.3) is 0 Å². The van der Waals surface area contributed by atoms with Crippen LogP contribution in [-0.4, -0.2) is 64.9 Å². The molecule has 3 fully saturated rings. The number of aliphatic hydroxyl groups is 2. The lowest BCUT2D eigenvalue weighted by molar-refractivity contribution is -0.343. The second kappa shape index (κ2) is 7.63. The molecule has 0 aromatic heterocycles. The van der Waals surface area contributed by atoms with Gasteiger partial charge in [-0.2, -0.15) is 0 Å². The first-order chi connectivity index (χ1) is 15.7. The number of hydrogen-bond acceptors (Lipinski definition) is 9. The van der Waals surface area contributed by atoms with Crippen LogP contribution in [0.5, 0.6) is 0 Å². The standard InChI is InChI=1S/C25H34O9/c1-12-15-10-18(28)34-24(15,31-7)11-16-19(12)20(29)21(33-14(3)27)25(30)22(4,5)9-8-17(23(16,25)6)32-13(2)26/h10,16-17,19-21,29-30H,1,8-9,11H2,2-7H3. The predicted octanol–water partition coefficient (Wildman–Crippen LogP) is 1.80. The Kier molecular flexibility index (Phi) is 5.59. The Morgan fingerprint density at radius 2 is 1.79 bits per heavy atom. The first-order valence-corrected chi connectivity index (χ1v) is 11.6. The van der Waals surface area contributed by atoms with Gasteiger partial charge < -0.3 is 29.2 Å². The maximum absolute atomic E-state index is 12.6. The normalized spacial score (nSPS) is 44.7. The lowest BCUT2D eigenvalue weighted by atomic mass is 9.39. The number of ether oxygens (including phenoxy) is 4. The summed E-state index contributed by atoms with van der Waals surface area (Å²) in [6.45, 7) is 12.2. The Labute approximate surface area is 199 Å². The summed E-state index contributed by atoms with van der Waals surface area (Å²) in [6.07, 6.45) is -1.11. The molecule has 8 unspecified atom stereocenters. The molecular weight excluding hydrogens is 444 g/mol. The highest BCUT2D eigenvalue weighted by atomic mass is 16.7. The van der Waals surface area contributed by atoms with Crippen molar-refractivity contribution in [3.63, 3.8) is 0 Å². The molecule has 0 amide bonds. The number of aliphatic hydroxyl groups excluding tert-OH is 1. The van der Waals surface area contributed by atoms with E-state index < -0.39 is 70.3 Å². The largest absolute Gasteiger partial charge is 0.462 e. The molecule has 9 nitrogen and oxygen atoms in total. The van der Waals surface area contributed by atoms with Crippen LogP contribution < -0.4 is 0 Å². The molecule has 1 aliphatic heterocycles. The van der Waals surface area contributed by atoms with Gasteiger partial charge in [-0.3, -0.25) is 9.59 Å². The van der Waals surface area contributed by atoms with Gasteiger partial charge in [0.2, 0.25) is 5.79 Å². The third-order valence-corrected chi connectivity index (χ3v) is 8.95. The van der Waals surface area contributed by atoms with E-state index in [1.807, 2.05) is 13.8 Å².